The molecule has 1 fully saturated rings. The Hall–Kier alpha value is -1.94. The summed E-state index contributed by atoms with van der Waals surface area (Å²) in [5.74, 6) is 8.55. The summed E-state index contributed by atoms with van der Waals surface area (Å²) >= 11 is 0. The van der Waals surface area contributed by atoms with Crippen molar-refractivity contribution in [3.8, 4) is 17.6 Å². The molecular formula is C19H22O. The van der Waals surface area contributed by atoms with Gasteiger partial charge in [0.25, 0.3) is 0 Å². The first-order valence-corrected chi connectivity index (χ1v) is 7.26. The predicted octanol–water partition coefficient (Wildman–Crippen LogP) is 4.60. The van der Waals surface area contributed by atoms with Gasteiger partial charge in [0.1, 0.15) is 5.75 Å². The number of rotatable bonds is 3. The minimum atomic E-state index is 0.691. The average Bonchev–Trinajstić information content (AvgIpc) is 2.53. The maximum absolute atomic E-state index is 5.12. The lowest BCUT2D eigenvalue weighted by Gasteiger charge is -2.23. The van der Waals surface area contributed by atoms with Crippen molar-refractivity contribution in [2.45, 2.75) is 25.7 Å². The second kappa shape index (κ2) is 7.60. The zero-order valence-electron chi connectivity index (χ0n) is 12.1. The van der Waals surface area contributed by atoms with Crippen LogP contribution in [0.1, 0.15) is 31.2 Å². The van der Waals surface area contributed by atoms with E-state index in [0.29, 0.717) is 5.92 Å². The molecule has 1 heteroatoms. The lowest BCUT2D eigenvalue weighted by molar-refractivity contribution is 0.357. The third kappa shape index (κ3) is 4.31. The van der Waals surface area contributed by atoms with E-state index in [2.05, 4.69) is 30.6 Å². The maximum atomic E-state index is 5.12. The molecule has 0 radical (unpaired) electrons. The van der Waals surface area contributed by atoms with E-state index in [4.69, 9.17) is 4.74 Å². The number of benzene rings is 1. The number of hydrogen-bond donors (Lipinski definition) is 0. The highest BCUT2D eigenvalue weighted by molar-refractivity contribution is 5.40. The van der Waals surface area contributed by atoms with Gasteiger partial charge in [0.05, 0.1) is 7.11 Å². The molecule has 1 aliphatic rings. The Morgan fingerprint density at radius 3 is 2.35 bits per heavy atom. The van der Waals surface area contributed by atoms with E-state index in [1.165, 1.54) is 25.7 Å². The predicted molar refractivity (Wildman–Crippen MR) is 84.7 cm³/mol. The van der Waals surface area contributed by atoms with Crippen molar-refractivity contribution in [2.75, 3.05) is 7.11 Å². The second-order valence-corrected chi connectivity index (χ2v) is 5.27. The molecule has 0 aliphatic heterocycles. The Morgan fingerprint density at radius 2 is 1.75 bits per heavy atom. The van der Waals surface area contributed by atoms with Crippen LogP contribution in [-0.4, -0.2) is 7.11 Å². The van der Waals surface area contributed by atoms with Crippen molar-refractivity contribution in [1.82, 2.24) is 0 Å². The van der Waals surface area contributed by atoms with Crippen LogP contribution in [0, 0.1) is 23.7 Å². The first-order valence-electron chi connectivity index (χ1n) is 7.26. The fourth-order valence-corrected chi connectivity index (χ4v) is 2.56. The highest BCUT2D eigenvalue weighted by Gasteiger charge is 2.16. The molecule has 0 spiro atoms. The summed E-state index contributed by atoms with van der Waals surface area (Å²) in [7, 11) is 1.67. The largest absolute Gasteiger partial charge is 0.497 e. The molecule has 104 valence electrons. The smallest absolute Gasteiger partial charge is 0.118 e. The molecule has 0 saturated heterocycles. The summed E-state index contributed by atoms with van der Waals surface area (Å²) in [6.45, 7) is 3.88. The quantitative estimate of drug-likeness (QED) is 0.574. The molecule has 0 atom stereocenters. The van der Waals surface area contributed by atoms with Gasteiger partial charge in [-0.2, -0.15) is 0 Å². The van der Waals surface area contributed by atoms with Gasteiger partial charge < -0.3 is 4.74 Å². The molecule has 20 heavy (non-hydrogen) atoms. The van der Waals surface area contributed by atoms with Gasteiger partial charge in [-0.05, 0) is 67.9 Å². The second-order valence-electron chi connectivity index (χ2n) is 5.27. The van der Waals surface area contributed by atoms with Crippen molar-refractivity contribution < 1.29 is 4.74 Å². The molecule has 0 unspecified atom stereocenters. The van der Waals surface area contributed by atoms with Crippen LogP contribution in [0.3, 0.4) is 0 Å². The lowest BCUT2D eigenvalue weighted by atomic mass is 9.82. The van der Waals surface area contributed by atoms with Gasteiger partial charge in [0.15, 0.2) is 0 Å². The average molecular weight is 266 g/mol. The monoisotopic (exact) mass is 266 g/mol. The Morgan fingerprint density at radius 1 is 1.10 bits per heavy atom. The summed E-state index contributed by atoms with van der Waals surface area (Å²) < 4.78 is 5.12. The van der Waals surface area contributed by atoms with Crippen molar-refractivity contribution in [3.63, 3.8) is 0 Å². The Kier molecular flexibility index (Phi) is 5.50. The van der Waals surface area contributed by atoms with Gasteiger partial charge in [-0.15, -0.1) is 6.58 Å². The van der Waals surface area contributed by atoms with Crippen LogP contribution in [0.5, 0.6) is 5.75 Å². The van der Waals surface area contributed by atoms with E-state index in [0.717, 1.165) is 17.2 Å². The van der Waals surface area contributed by atoms with Crippen LogP contribution in [-0.2, 0) is 0 Å². The van der Waals surface area contributed by atoms with Gasteiger partial charge in [0.2, 0.25) is 0 Å². The fourth-order valence-electron chi connectivity index (χ4n) is 2.56. The normalized spacial score (nSPS) is 22.1. The van der Waals surface area contributed by atoms with Crippen LogP contribution in [0.25, 0.3) is 0 Å². The Labute approximate surface area is 122 Å². The number of hydrogen-bond acceptors (Lipinski definition) is 1. The van der Waals surface area contributed by atoms with Gasteiger partial charge in [-0.25, -0.2) is 0 Å². The van der Waals surface area contributed by atoms with Crippen molar-refractivity contribution in [3.05, 3.63) is 54.6 Å². The first kappa shape index (κ1) is 14.5. The molecule has 0 aromatic heterocycles. The van der Waals surface area contributed by atoms with Crippen LogP contribution < -0.4 is 4.74 Å². The SMILES string of the molecule is C=CC1CCC(C=CC#Cc2ccc(OC)cc2)CC1. The molecule has 0 amide bonds. The molecule has 0 bridgehead atoms. The molecule has 1 saturated carbocycles. The fraction of sp³-hybridized carbons (Fsp3) is 0.368. The van der Waals surface area contributed by atoms with Gasteiger partial charge in [0, 0.05) is 5.56 Å². The molecular weight excluding hydrogens is 244 g/mol. The van der Waals surface area contributed by atoms with Crippen LogP contribution in [0.2, 0.25) is 0 Å². The third-order valence-electron chi connectivity index (χ3n) is 3.91. The number of methoxy groups -OCH3 is 1. The number of ether oxygens (including phenoxy) is 1. The minimum absolute atomic E-state index is 0.691. The van der Waals surface area contributed by atoms with Crippen LogP contribution >= 0.6 is 0 Å². The highest BCUT2D eigenvalue weighted by Crippen LogP contribution is 2.29. The van der Waals surface area contributed by atoms with E-state index >= 15 is 0 Å². The molecule has 1 nitrogen and oxygen atoms in total. The summed E-state index contributed by atoms with van der Waals surface area (Å²) in [6, 6.07) is 7.83. The minimum Gasteiger partial charge on any atom is -0.497 e. The molecule has 1 aromatic carbocycles. The summed E-state index contributed by atoms with van der Waals surface area (Å²) in [6.07, 6.45) is 11.4. The maximum Gasteiger partial charge on any atom is 0.118 e. The topological polar surface area (TPSA) is 9.23 Å². The lowest BCUT2D eigenvalue weighted by Crippen LogP contribution is -2.10. The van der Waals surface area contributed by atoms with E-state index in [1.54, 1.807) is 7.11 Å². The molecule has 1 aliphatic carbocycles. The highest BCUT2D eigenvalue weighted by atomic mass is 16.5. The van der Waals surface area contributed by atoms with E-state index < -0.39 is 0 Å². The van der Waals surface area contributed by atoms with Gasteiger partial charge in [-0.1, -0.05) is 24.0 Å². The third-order valence-corrected chi connectivity index (χ3v) is 3.91. The molecule has 0 N–H and O–H groups in total. The van der Waals surface area contributed by atoms with Crippen molar-refractivity contribution >= 4 is 0 Å². The van der Waals surface area contributed by atoms with Gasteiger partial charge in [-0.3, -0.25) is 0 Å². The Bertz CT molecular complexity index is 505. The zero-order valence-corrected chi connectivity index (χ0v) is 12.1. The Balaban J connectivity index is 1.84. The van der Waals surface area contributed by atoms with Crippen molar-refractivity contribution in [1.29, 1.82) is 0 Å². The first-order chi connectivity index (χ1) is 9.81. The number of allylic oxidation sites excluding steroid dienone is 3. The standard InChI is InChI=1S/C19H22O/c1-3-16-8-10-17(11-9-16)6-4-5-7-18-12-14-19(20-2)15-13-18/h3-4,6,12-17H,1,8-11H2,2H3. The molecule has 2 rings (SSSR count). The zero-order chi connectivity index (χ0) is 14.2. The van der Waals surface area contributed by atoms with Crippen molar-refractivity contribution in [2.24, 2.45) is 11.8 Å². The molecule has 0 heterocycles. The van der Waals surface area contributed by atoms with E-state index in [9.17, 15) is 0 Å². The van der Waals surface area contributed by atoms with Crippen LogP contribution in [0.4, 0.5) is 0 Å². The summed E-state index contributed by atoms with van der Waals surface area (Å²) in [4.78, 5) is 0. The van der Waals surface area contributed by atoms with Crippen LogP contribution in [0.15, 0.2) is 49.1 Å². The molecule has 1 aromatic rings. The summed E-state index contributed by atoms with van der Waals surface area (Å²) in [5, 5.41) is 0. The van der Waals surface area contributed by atoms with E-state index in [-0.39, 0.29) is 0 Å². The van der Waals surface area contributed by atoms with Gasteiger partial charge >= 0.3 is 0 Å². The van der Waals surface area contributed by atoms with E-state index in [1.807, 2.05) is 30.3 Å². The summed E-state index contributed by atoms with van der Waals surface area (Å²) in [5.41, 5.74) is 1.02.